The van der Waals surface area contributed by atoms with E-state index in [0.29, 0.717) is 5.58 Å². The summed E-state index contributed by atoms with van der Waals surface area (Å²) in [5, 5.41) is 3.60. The van der Waals surface area contributed by atoms with Crippen LogP contribution < -0.4 is 5.63 Å². The van der Waals surface area contributed by atoms with E-state index in [4.69, 9.17) is 4.42 Å². The van der Waals surface area contributed by atoms with Crippen LogP contribution in [-0.2, 0) is 6.54 Å². The topological polar surface area (TPSA) is 59.6 Å². The Bertz CT molecular complexity index is 530. The van der Waals surface area contributed by atoms with Crippen LogP contribution in [0.15, 0.2) is 44.7 Å². The highest BCUT2D eigenvalue weighted by atomic mass is 16.4. The van der Waals surface area contributed by atoms with Gasteiger partial charge < -0.3 is 4.42 Å². The van der Waals surface area contributed by atoms with Gasteiger partial charge in [-0.05, 0) is 17.7 Å². The molecule has 1 aromatic carbocycles. The van der Waals surface area contributed by atoms with Gasteiger partial charge in [0.25, 0.3) is 0 Å². The molecule has 0 amide bonds. The molecule has 0 saturated heterocycles. The van der Waals surface area contributed by atoms with Gasteiger partial charge >= 0.3 is 5.63 Å². The van der Waals surface area contributed by atoms with Crippen LogP contribution >= 0.6 is 0 Å². The van der Waals surface area contributed by atoms with E-state index in [1.54, 1.807) is 24.3 Å². The average Bonchev–Trinajstić information content (AvgIpc) is 2.17. The SMILES string of the molecule is O=NCc1ccc2ccc(=O)oc2c1. The lowest BCUT2D eigenvalue weighted by Crippen LogP contribution is -1.94. The Balaban J connectivity index is 2.63. The summed E-state index contributed by atoms with van der Waals surface area (Å²) in [4.78, 5) is 20.9. The second-order valence-corrected chi connectivity index (χ2v) is 2.91. The van der Waals surface area contributed by atoms with Gasteiger partial charge in [-0.3, -0.25) is 0 Å². The van der Waals surface area contributed by atoms with E-state index in [2.05, 4.69) is 5.18 Å². The fourth-order valence-corrected chi connectivity index (χ4v) is 1.28. The molecule has 0 aliphatic rings. The van der Waals surface area contributed by atoms with Crippen LogP contribution in [0.1, 0.15) is 5.56 Å². The third-order valence-corrected chi connectivity index (χ3v) is 1.93. The normalized spacial score (nSPS) is 10.3. The monoisotopic (exact) mass is 189 g/mol. The van der Waals surface area contributed by atoms with Crippen LogP contribution in [0.3, 0.4) is 0 Å². The van der Waals surface area contributed by atoms with Crippen molar-refractivity contribution in [2.45, 2.75) is 6.54 Å². The molecule has 0 aliphatic heterocycles. The largest absolute Gasteiger partial charge is 0.423 e. The maximum atomic E-state index is 10.9. The minimum absolute atomic E-state index is 0.0918. The quantitative estimate of drug-likeness (QED) is 0.536. The highest BCUT2D eigenvalue weighted by molar-refractivity contribution is 5.76. The summed E-state index contributed by atoms with van der Waals surface area (Å²) in [5.41, 5.74) is 0.828. The molecule has 2 rings (SSSR count). The van der Waals surface area contributed by atoms with E-state index < -0.39 is 5.63 Å². The van der Waals surface area contributed by atoms with Gasteiger partial charge in [0.1, 0.15) is 12.1 Å². The third kappa shape index (κ3) is 1.54. The molecule has 0 fully saturated rings. The number of nitrogens with zero attached hydrogens (tertiary/aromatic N) is 1. The van der Waals surface area contributed by atoms with Crippen LogP contribution in [-0.4, -0.2) is 0 Å². The second-order valence-electron chi connectivity index (χ2n) is 2.91. The molecule has 1 heterocycles. The van der Waals surface area contributed by atoms with Crippen molar-refractivity contribution in [3.63, 3.8) is 0 Å². The van der Waals surface area contributed by atoms with Crippen molar-refractivity contribution in [3.8, 4) is 0 Å². The lowest BCUT2D eigenvalue weighted by molar-refractivity contribution is 0.560. The zero-order chi connectivity index (χ0) is 9.97. The van der Waals surface area contributed by atoms with Gasteiger partial charge in [0, 0.05) is 11.5 Å². The summed E-state index contributed by atoms with van der Waals surface area (Å²) >= 11 is 0. The average molecular weight is 189 g/mol. The lowest BCUT2D eigenvalue weighted by atomic mass is 10.1. The van der Waals surface area contributed by atoms with Crippen LogP contribution in [0.5, 0.6) is 0 Å². The summed E-state index contributed by atoms with van der Waals surface area (Å²) in [6, 6.07) is 8.26. The number of nitroso groups, excluding NO2 is 1. The molecule has 4 heteroatoms. The fraction of sp³-hybridized carbons (Fsp3) is 0.100. The smallest absolute Gasteiger partial charge is 0.336 e. The Hall–Kier alpha value is -1.97. The lowest BCUT2D eigenvalue weighted by Gasteiger charge is -1.97. The van der Waals surface area contributed by atoms with Gasteiger partial charge in [-0.2, -0.15) is 4.91 Å². The number of hydrogen-bond donors (Lipinski definition) is 0. The summed E-state index contributed by atoms with van der Waals surface area (Å²) < 4.78 is 4.95. The van der Waals surface area contributed by atoms with Crippen molar-refractivity contribution in [1.82, 2.24) is 0 Å². The molecular weight excluding hydrogens is 182 g/mol. The van der Waals surface area contributed by atoms with Gasteiger partial charge in [-0.1, -0.05) is 17.3 Å². The molecule has 70 valence electrons. The van der Waals surface area contributed by atoms with Crippen LogP contribution in [0, 0.1) is 4.91 Å². The molecule has 0 saturated carbocycles. The van der Waals surface area contributed by atoms with Crippen molar-refractivity contribution in [3.05, 3.63) is 51.2 Å². The zero-order valence-corrected chi connectivity index (χ0v) is 7.27. The molecule has 14 heavy (non-hydrogen) atoms. The van der Waals surface area contributed by atoms with Gasteiger partial charge in [-0.25, -0.2) is 4.79 Å². The Morgan fingerprint density at radius 3 is 2.79 bits per heavy atom. The molecule has 4 nitrogen and oxygen atoms in total. The van der Waals surface area contributed by atoms with Crippen molar-refractivity contribution in [2.24, 2.45) is 5.18 Å². The van der Waals surface area contributed by atoms with E-state index >= 15 is 0 Å². The Labute approximate surface area is 79.1 Å². The summed E-state index contributed by atoms with van der Waals surface area (Å²) in [7, 11) is 0. The molecule has 0 spiro atoms. The van der Waals surface area contributed by atoms with Crippen LogP contribution in [0.4, 0.5) is 0 Å². The zero-order valence-electron chi connectivity index (χ0n) is 7.27. The highest BCUT2D eigenvalue weighted by Gasteiger charge is 1.98. The van der Waals surface area contributed by atoms with Crippen LogP contribution in [0.25, 0.3) is 11.0 Å². The molecule has 2 aromatic rings. The predicted molar refractivity (Wildman–Crippen MR) is 52.0 cm³/mol. The molecule has 0 unspecified atom stereocenters. The molecule has 0 atom stereocenters. The van der Waals surface area contributed by atoms with Gasteiger partial charge in [-0.15, -0.1) is 0 Å². The first-order chi connectivity index (χ1) is 6.79. The number of benzene rings is 1. The van der Waals surface area contributed by atoms with Gasteiger partial charge in [0.2, 0.25) is 0 Å². The molecule has 1 aromatic heterocycles. The fourth-order valence-electron chi connectivity index (χ4n) is 1.28. The number of rotatable bonds is 2. The van der Waals surface area contributed by atoms with Crippen molar-refractivity contribution >= 4 is 11.0 Å². The molecule has 0 radical (unpaired) electrons. The first-order valence-electron chi connectivity index (χ1n) is 4.11. The Kier molecular flexibility index (Phi) is 2.10. The Morgan fingerprint density at radius 1 is 1.21 bits per heavy atom. The minimum Gasteiger partial charge on any atom is -0.423 e. The van der Waals surface area contributed by atoms with Crippen LogP contribution in [0.2, 0.25) is 0 Å². The summed E-state index contributed by atoms with van der Waals surface area (Å²) in [6.07, 6.45) is 0. The van der Waals surface area contributed by atoms with Crippen molar-refractivity contribution in [2.75, 3.05) is 0 Å². The highest BCUT2D eigenvalue weighted by Crippen LogP contribution is 2.14. The molecule has 0 bridgehead atoms. The van der Waals surface area contributed by atoms with Crippen molar-refractivity contribution in [1.29, 1.82) is 0 Å². The standard InChI is InChI=1S/C10H7NO3/c12-10-4-3-8-2-1-7(6-11-13)5-9(8)14-10/h1-5H,6H2. The van der Waals surface area contributed by atoms with Crippen molar-refractivity contribution < 1.29 is 4.42 Å². The molecule has 0 N–H and O–H groups in total. The Morgan fingerprint density at radius 2 is 2.00 bits per heavy atom. The van der Waals surface area contributed by atoms with Gasteiger partial charge in [0.15, 0.2) is 0 Å². The van der Waals surface area contributed by atoms with E-state index in [0.717, 1.165) is 10.9 Å². The predicted octanol–water partition coefficient (Wildman–Crippen LogP) is 2.06. The minimum atomic E-state index is -0.395. The third-order valence-electron chi connectivity index (χ3n) is 1.93. The second kappa shape index (κ2) is 3.41. The number of hydrogen-bond acceptors (Lipinski definition) is 4. The van der Waals surface area contributed by atoms with E-state index in [1.165, 1.54) is 6.07 Å². The van der Waals surface area contributed by atoms with E-state index in [1.807, 2.05) is 0 Å². The van der Waals surface area contributed by atoms with E-state index in [-0.39, 0.29) is 6.54 Å². The first kappa shape index (κ1) is 8.62. The van der Waals surface area contributed by atoms with Gasteiger partial charge in [0.05, 0.1) is 0 Å². The molecular formula is C10H7NO3. The molecule has 0 aliphatic carbocycles. The van der Waals surface area contributed by atoms with E-state index in [9.17, 15) is 9.70 Å². The first-order valence-corrected chi connectivity index (χ1v) is 4.11. The summed E-state index contributed by atoms with van der Waals surface area (Å²) in [6.45, 7) is 0.0918. The number of fused-ring (bicyclic) bond motifs is 1. The maximum absolute atomic E-state index is 10.9. The summed E-state index contributed by atoms with van der Waals surface area (Å²) in [5.74, 6) is 0. The maximum Gasteiger partial charge on any atom is 0.336 e.